The number of amides is 1. The predicted octanol–water partition coefficient (Wildman–Crippen LogP) is 1.52. The SMILES string of the molecule is C=CC[C@@]1(CO)CCCN(C(=O)C2CCN(CCOC)CC2)C1. The number of aliphatic hydroxyl groups is 1. The van der Waals surface area contributed by atoms with Gasteiger partial charge in [-0.05, 0) is 45.2 Å². The number of aliphatic hydroxyl groups excluding tert-OH is 1. The summed E-state index contributed by atoms with van der Waals surface area (Å²) in [5.74, 6) is 0.435. The molecule has 0 unspecified atom stereocenters. The molecule has 2 heterocycles. The average molecular weight is 324 g/mol. The maximum Gasteiger partial charge on any atom is 0.225 e. The summed E-state index contributed by atoms with van der Waals surface area (Å²) in [5, 5.41) is 9.80. The lowest BCUT2D eigenvalue weighted by atomic mass is 9.77. The Morgan fingerprint density at radius 2 is 2.13 bits per heavy atom. The molecule has 0 aromatic rings. The second kappa shape index (κ2) is 8.81. The van der Waals surface area contributed by atoms with Crippen molar-refractivity contribution in [3.63, 3.8) is 0 Å². The van der Waals surface area contributed by atoms with Gasteiger partial charge in [0.15, 0.2) is 0 Å². The fourth-order valence-corrected chi connectivity index (χ4v) is 3.94. The van der Waals surface area contributed by atoms with E-state index in [4.69, 9.17) is 4.74 Å². The monoisotopic (exact) mass is 324 g/mol. The number of ether oxygens (including phenoxy) is 1. The van der Waals surface area contributed by atoms with Crippen molar-refractivity contribution in [1.29, 1.82) is 0 Å². The number of methoxy groups -OCH3 is 1. The van der Waals surface area contributed by atoms with Gasteiger partial charge in [-0.25, -0.2) is 0 Å². The van der Waals surface area contributed by atoms with E-state index in [1.54, 1.807) is 7.11 Å². The van der Waals surface area contributed by atoms with Gasteiger partial charge < -0.3 is 19.6 Å². The lowest BCUT2D eigenvalue weighted by molar-refractivity contribution is -0.141. The molecular weight excluding hydrogens is 292 g/mol. The Labute approximate surface area is 140 Å². The molecule has 0 spiro atoms. The van der Waals surface area contributed by atoms with Crippen LogP contribution in [0, 0.1) is 11.3 Å². The first-order chi connectivity index (χ1) is 11.1. The lowest BCUT2D eigenvalue weighted by Gasteiger charge is -2.43. The maximum absolute atomic E-state index is 12.9. The summed E-state index contributed by atoms with van der Waals surface area (Å²) in [6.07, 6.45) is 6.49. The van der Waals surface area contributed by atoms with Crippen LogP contribution in [0.4, 0.5) is 0 Å². The van der Waals surface area contributed by atoms with E-state index in [9.17, 15) is 9.90 Å². The zero-order valence-corrected chi connectivity index (χ0v) is 14.5. The Morgan fingerprint density at radius 1 is 1.39 bits per heavy atom. The zero-order valence-electron chi connectivity index (χ0n) is 14.5. The standard InChI is InChI=1S/C18H32N2O3/c1-3-7-18(15-21)8-4-9-20(14-18)17(22)16-5-10-19(11-6-16)12-13-23-2/h3,16,21H,1,4-15H2,2H3/t18-/m1/s1. The van der Waals surface area contributed by atoms with Crippen LogP contribution >= 0.6 is 0 Å². The van der Waals surface area contributed by atoms with Crippen LogP contribution in [0.3, 0.4) is 0 Å². The van der Waals surface area contributed by atoms with Crippen LogP contribution in [-0.4, -0.2) is 73.9 Å². The summed E-state index contributed by atoms with van der Waals surface area (Å²) in [4.78, 5) is 17.2. The van der Waals surface area contributed by atoms with E-state index in [1.807, 2.05) is 11.0 Å². The van der Waals surface area contributed by atoms with Gasteiger partial charge in [0, 0.05) is 38.1 Å². The van der Waals surface area contributed by atoms with Crippen LogP contribution in [0.25, 0.3) is 0 Å². The highest BCUT2D eigenvalue weighted by Crippen LogP contribution is 2.34. The summed E-state index contributed by atoms with van der Waals surface area (Å²) in [6.45, 7) is 9.12. The van der Waals surface area contributed by atoms with Crippen molar-refractivity contribution in [2.75, 3.05) is 53.0 Å². The highest BCUT2D eigenvalue weighted by Gasteiger charge is 2.38. The number of hydrogen-bond donors (Lipinski definition) is 1. The Morgan fingerprint density at radius 3 is 2.74 bits per heavy atom. The number of likely N-dealkylation sites (tertiary alicyclic amines) is 2. The third-order valence-electron chi connectivity index (χ3n) is 5.43. The smallest absolute Gasteiger partial charge is 0.225 e. The molecule has 5 nitrogen and oxygen atoms in total. The lowest BCUT2D eigenvalue weighted by Crippen LogP contribution is -2.51. The van der Waals surface area contributed by atoms with Crippen molar-refractivity contribution in [1.82, 2.24) is 9.80 Å². The van der Waals surface area contributed by atoms with Gasteiger partial charge in [0.2, 0.25) is 5.91 Å². The Balaban J connectivity index is 1.87. The maximum atomic E-state index is 12.9. The molecule has 2 fully saturated rings. The van der Waals surface area contributed by atoms with E-state index in [-0.39, 0.29) is 23.8 Å². The molecular formula is C18H32N2O3. The van der Waals surface area contributed by atoms with E-state index in [2.05, 4.69) is 11.5 Å². The molecule has 2 saturated heterocycles. The van der Waals surface area contributed by atoms with Crippen molar-refractivity contribution >= 4 is 5.91 Å². The van der Waals surface area contributed by atoms with Gasteiger partial charge in [0.05, 0.1) is 13.2 Å². The molecule has 0 bridgehead atoms. The molecule has 0 aromatic carbocycles. The van der Waals surface area contributed by atoms with Crippen LogP contribution < -0.4 is 0 Å². The van der Waals surface area contributed by atoms with Crippen LogP contribution in [0.15, 0.2) is 12.7 Å². The molecule has 0 saturated carbocycles. The highest BCUT2D eigenvalue weighted by atomic mass is 16.5. The van der Waals surface area contributed by atoms with E-state index < -0.39 is 0 Å². The molecule has 2 aliphatic heterocycles. The summed E-state index contributed by atoms with van der Waals surface area (Å²) < 4.78 is 5.12. The van der Waals surface area contributed by atoms with Crippen molar-refractivity contribution < 1.29 is 14.6 Å². The first-order valence-corrected chi connectivity index (χ1v) is 8.86. The van der Waals surface area contributed by atoms with Crippen molar-refractivity contribution in [2.45, 2.75) is 32.1 Å². The van der Waals surface area contributed by atoms with Crippen molar-refractivity contribution in [3.8, 4) is 0 Å². The van der Waals surface area contributed by atoms with Gasteiger partial charge in [0.1, 0.15) is 0 Å². The summed E-state index contributed by atoms with van der Waals surface area (Å²) >= 11 is 0. The fraction of sp³-hybridized carbons (Fsp3) is 0.833. The average Bonchev–Trinajstić information content (AvgIpc) is 2.60. The third kappa shape index (κ3) is 4.78. The molecule has 0 aromatic heterocycles. The molecule has 23 heavy (non-hydrogen) atoms. The molecule has 2 aliphatic rings. The first-order valence-electron chi connectivity index (χ1n) is 8.86. The number of piperidine rings is 2. The number of hydrogen-bond acceptors (Lipinski definition) is 4. The number of rotatable bonds is 7. The molecule has 0 aliphatic carbocycles. The minimum Gasteiger partial charge on any atom is -0.396 e. The molecule has 132 valence electrons. The summed E-state index contributed by atoms with van der Waals surface area (Å²) in [7, 11) is 1.73. The zero-order chi connectivity index (χ0) is 16.7. The molecule has 2 rings (SSSR count). The molecule has 1 atom stereocenters. The third-order valence-corrected chi connectivity index (χ3v) is 5.43. The van der Waals surface area contributed by atoms with Gasteiger partial charge in [-0.2, -0.15) is 0 Å². The normalized spacial score (nSPS) is 27.1. The highest BCUT2D eigenvalue weighted by molar-refractivity contribution is 5.79. The Bertz CT molecular complexity index is 394. The Hall–Kier alpha value is -0.910. The van der Waals surface area contributed by atoms with Gasteiger partial charge in [0.25, 0.3) is 0 Å². The largest absolute Gasteiger partial charge is 0.396 e. The minimum atomic E-state index is -0.172. The quantitative estimate of drug-likeness (QED) is 0.722. The van der Waals surface area contributed by atoms with Crippen molar-refractivity contribution in [3.05, 3.63) is 12.7 Å². The van der Waals surface area contributed by atoms with Crippen LogP contribution in [-0.2, 0) is 9.53 Å². The van der Waals surface area contributed by atoms with Gasteiger partial charge in [-0.1, -0.05) is 6.08 Å². The molecule has 5 heteroatoms. The van der Waals surface area contributed by atoms with E-state index in [0.717, 1.165) is 64.9 Å². The first kappa shape index (κ1) is 18.4. The summed E-state index contributed by atoms with van der Waals surface area (Å²) in [5.41, 5.74) is -0.172. The van der Waals surface area contributed by atoms with E-state index >= 15 is 0 Å². The van der Waals surface area contributed by atoms with Gasteiger partial charge in [-0.15, -0.1) is 6.58 Å². The van der Waals surface area contributed by atoms with Crippen LogP contribution in [0.2, 0.25) is 0 Å². The molecule has 0 radical (unpaired) electrons. The van der Waals surface area contributed by atoms with Crippen LogP contribution in [0.5, 0.6) is 0 Å². The van der Waals surface area contributed by atoms with Gasteiger partial charge in [-0.3, -0.25) is 4.79 Å². The minimum absolute atomic E-state index is 0.137. The van der Waals surface area contributed by atoms with Crippen molar-refractivity contribution in [2.24, 2.45) is 11.3 Å². The number of nitrogens with zero attached hydrogens (tertiary/aromatic N) is 2. The summed E-state index contributed by atoms with van der Waals surface area (Å²) in [6, 6.07) is 0. The number of carbonyl (C=O) groups is 1. The number of carbonyl (C=O) groups excluding carboxylic acids is 1. The molecule has 1 N–H and O–H groups in total. The second-order valence-corrected chi connectivity index (χ2v) is 7.12. The molecule has 1 amide bonds. The number of allylic oxidation sites excluding steroid dienone is 1. The topological polar surface area (TPSA) is 53.0 Å². The van der Waals surface area contributed by atoms with E-state index in [1.165, 1.54) is 0 Å². The van der Waals surface area contributed by atoms with Crippen LogP contribution in [0.1, 0.15) is 32.1 Å². The predicted molar refractivity (Wildman–Crippen MR) is 91.2 cm³/mol. The van der Waals surface area contributed by atoms with Gasteiger partial charge >= 0.3 is 0 Å². The van der Waals surface area contributed by atoms with E-state index in [0.29, 0.717) is 6.54 Å². The second-order valence-electron chi connectivity index (χ2n) is 7.12. The Kier molecular flexibility index (Phi) is 7.06. The fourth-order valence-electron chi connectivity index (χ4n) is 3.94.